The van der Waals surface area contributed by atoms with Crippen molar-refractivity contribution in [3.05, 3.63) is 71.8 Å². The van der Waals surface area contributed by atoms with Crippen LogP contribution in [0.4, 0.5) is 4.39 Å². The number of alkyl halides is 1. The second kappa shape index (κ2) is 14.2. The molecule has 2 aromatic rings. The number of benzene rings is 2. The van der Waals surface area contributed by atoms with E-state index in [1.165, 1.54) is 30.4 Å². The fourth-order valence-corrected chi connectivity index (χ4v) is 6.67. The SMILES string of the molecule is CN1CCC(F)(CCCc2ccccc2)CC1.O=C(O)C(C1CCCCC1)N1CCC(c2ccccc2)C1. The fourth-order valence-electron chi connectivity index (χ4n) is 6.67. The van der Waals surface area contributed by atoms with Crippen LogP contribution in [0.25, 0.3) is 0 Å². The maximum Gasteiger partial charge on any atom is 0.321 e. The highest BCUT2D eigenvalue weighted by Gasteiger charge is 2.38. The molecule has 1 saturated carbocycles. The van der Waals surface area contributed by atoms with Crippen molar-refractivity contribution in [3.8, 4) is 0 Å². The summed E-state index contributed by atoms with van der Waals surface area (Å²) in [4.78, 5) is 16.2. The average Bonchev–Trinajstić information content (AvgIpc) is 3.42. The Labute approximate surface area is 229 Å². The first kappa shape index (κ1) is 28.8. The molecule has 1 N–H and O–H groups in total. The highest BCUT2D eigenvalue weighted by Crippen LogP contribution is 2.35. The Balaban J connectivity index is 0.000000181. The molecular weight excluding hydrogens is 475 g/mol. The molecule has 0 spiro atoms. The van der Waals surface area contributed by atoms with Crippen LogP contribution in [0.1, 0.15) is 81.3 Å². The van der Waals surface area contributed by atoms with Crippen molar-refractivity contribution in [2.45, 2.75) is 88.3 Å². The van der Waals surface area contributed by atoms with E-state index in [1.54, 1.807) is 0 Å². The first-order chi connectivity index (χ1) is 18.4. The molecule has 0 amide bonds. The van der Waals surface area contributed by atoms with Crippen LogP contribution in [-0.4, -0.2) is 65.8 Å². The Morgan fingerprint density at radius 1 is 0.947 bits per heavy atom. The Kier molecular flexibility index (Phi) is 10.8. The van der Waals surface area contributed by atoms with Gasteiger partial charge in [-0.1, -0.05) is 79.9 Å². The summed E-state index contributed by atoms with van der Waals surface area (Å²) < 4.78 is 14.4. The van der Waals surface area contributed by atoms with Crippen molar-refractivity contribution in [1.82, 2.24) is 9.80 Å². The molecule has 0 bridgehead atoms. The summed E-state index contributed by atoms with van der Waals surface area (Å²) in [6.07, 6.45) is 11.0. The number of hydrogen-bond acceptors (Lipinski definition) is 3. The molecule has 2 saturated heterocycles. The van der Waals surface area contributed by atoms with Crippen LogP contribution in [0.3, 0.4) is 0 Å². The van der Waals surface area contributed by atoms with Crippen LogP contribution in [0.5, 0.6) is 0 Å². The van der Waals surface area contributed by atoms with Crippen molar-refractivity contribution in [2.24, 2.45) is 5.92 Å². The molecule has 3 fully saturated rings. The lowest BCUT2D eigenvalue weighted by Gasteiger charge is -2.34. The van der Waals surface area contributed by atoms with Crippen LogP contribution in [0.15, 0.2) is 60.7 Å². The van der Waals surface area contributed by atoms with Crippen molar-refractivity contribution >= 4 is 5.97 Å². The summed E-state index contributed by atoms with van der Waals surface area (Å²) in [5.41, 5.74) is 1.78. The standard InChI is InChI=1S/C18H25NO2.C15H22FN/c20-18(21)17(15-9-5-2-6-10-15)19-12-11-16(13-19)14-7-3-1-4-8-14;1-17-12-10-15(16,11-13-17)9-5-8-14-6-3-2-4-7-14/h1,3-4,7-8,15-17H,2,5-6,9-13H2,(H,20,21);2-4,6-7H,5,8-13H2,1H3. The Morgan fingerprint density at radius 3 is 2.21 bits per heavy atom. The minimum Gasteiger partial charge on any atom is -0.480 e. The van der Waals surface area contributed by atoms with Crippen molar-refractivity contribution in [3.63, 3.8) is 0 Å². The molecule has 1 aliphatic carbocycles. The molecule has 38 heavy (non-hydrogen) atoms. The lowest BCUT2D eigenvalue weighted by Crippen LogP contribution is -2.45. The minimum atomic E-state index is -0.901. The summed E-state index contributed by atoms with van der Waals surface area (Å²) in [5.74, 6) is 0.234. The fraction of sp³-hybridized carbons (Fsp3) is 0.606. The van der Waals surface area contributed by atoms with Crippen LogP contribution in [0.2, 0.25) is 0 Å². The van der Waals surface area contributed by atoms with E-state index in [-0.39, 0.29) is 6.04 Å². The van der Waals surface area contributed by atoms with Gasteiger partial charge in [0.1, 0.15) is 11.7 Å². The van der Waals surface area contributed by atoms with Gasteiger partial charge in [-0.3, -0.25) is 9.69 Å². The van der Waals surface area contributed by atoms with Gasteiger partial charge in [0.2, 0.25) is 0 Å². The highest BCUT2D eigenvalue weighted by molar-refractivity contribution is 5.74. The quantitative estimate of drug-likeness (QED) is 0.407. The number of aliphatic carboxylic acids is 1. The minimum absolute atomic E-state index is 0.265. The molecule has 0 aromatic heterocycles. The molecule has 2 atom stereocenters. The van der Waals surface area contributed by atoms with E-state index in [2.05, 4.69) is 65.4 Å². The maximum absolute atomic E-state index is 14.4. The summed E-state index contributed by atoms with van der Waals surface area (Å²) in [6, 6.07) is 20.6. The number of carboxylic acid groups (broad SMARTS) is 1. The zero-order valence-corrected chi connectivity index (χ0v) is 23.2. The van der Waals surface area contributed by atoms with Gasteiger partial charge in [-0.25, -0.2) is 4.39 Å². The molecule has 5 rings (SSSR count). The van der Waals surface area contributed by atoms with E-state index in [9.17, 15) is 14.3 Å². The molecule has 0 radical (unpaired) electrons. The lowest BCUT2D eigenvalue weighted by atomic mass is 9.83. The lowest BCUT2D eigenvalue weighted by molar-refractivity contribution is -0.145. The van der Waals surface area contributed by atoms with E-state index < -0.39 is 11.6 Å². The van der Waals surface area contributed by atoms with E-state index >= 15 is 0 Å². The number of rotatable bonds is 8. The highest BCUT2D eigenvalue weighted by atomic mass is 19.1. The number of halogens is 1. The molecule has 2 aliphatic heterocycles. The summed E-state index contributed by atoms with van der Waals surface area (Å²) >= 11 is 0. The van der Waals surface area contributed by atoms with Crippen molar-refractivity contribution in [1.29, 1.82) is 0 Å². The van der Waals surface area contributed by atoms with Crippen LogP contribution >= 0.6 is 0 Å². The van der Waals surface area contributed by atoms with E-state index in [4.69, 9.17) is 0 Å². The molecule has 2 heterocycles. The van der Waals surface area contributed by atoms with Gasteiger partial charge in [-0.15, -0.1) is 0 Å². The molecule has 208 valence electrons. The maximum atomic E-state index is 14.4. The molecule has 5 heteroatoms. The summed E-state index contributed by atoms with van der Waals surface area (Å²) in [5, 5.41) is 9.70. The number of carbonyl (C=O) groups is 1. The molecule has 4 nitrogen and oxygen atoms in total. The Bertz CT molecular complexity index is 955. The topological polar surface area (TPSA) is 43.8 Å². The third-order valence-electron chi connectivity index (χ3n) is 9.05. The van der Waals surface area contributed by atoms with Crippen molar-refractivity contribution < 1.29 is 14.3 Å². The van der Waals surface area contributed by atoms with Crippen LogP contribution < -0.4 is 0 Å². The molecule has 3 aliphatic rings. The van der Waals surface area contributed by atoms with E-state index in [1.807, 2.05) is 12.1 Å². The third-order valence-corrected chi connectivity index (χ3v) is 9.05. The van der Waals surface area contributed by atoms with Gasteiger partial charge in [0.25, 0.3) is 0 Å². The first-order valence-electron chi connectivity index (χ1n) is 14.9. The Morgan fingerprint density at radius 2 is 1.58 bits per heavy atom. The average molecular weight is 523 g/mol. The normalized spacial score (nSPS) is 23.4. The third kappa shape index (κ3) is 8.38. The van der Waals surface area contributed by atoms with E-state index in [0.717, 1.165) is 64.7 Å². The molecule has 2 unspecified atom stereocenters. The summed E-state index contributed by atoms with van der Waals surface area (Å²) in [6.45, 7) is 3.63. The van der Waals surface area contributed by atoms with Crippen LogP contribution in [-0.2, 0) is 11.2 Å². The number of hydrogen-bond donors (Lipinski definition) is 1. The van der Waals surface area contributed by atoms with Crippen molar-refractivity contribution in [2.75, 3.05) is 33.2 Å². The largest absolute Gasteiger partial charge is 0.480 e. The van der Waals surface area contributed by atoms with Crippen LogP contribution in [0, 0.1) is 5.92 Å². The number of carboxylic acids is 1. The number of aryl methyl sites for hydroxylation is 1. The second-order valence-electron chi connectivity index (χ2n) is 11.9. The number of nitrogens with zero attached hydrogens (tertiary/aromatic N) is 2. The predicted octanol–water partition coefficient (Wildman–Crippen LogP) is 6.95. The first-order valence-corrected chi connectivity index (χ1v) is 14.9. The van der Waals surface area contributed by atoms with Gasteiger partial charge < -0.3 is 10.0 Å². The Hall–Kier alpha value is -2.24. The van der Waals surface area contributed by atoms with Gasteiger partial charge in [-0.05, 0) is 87.9 Å². The van der Waals surface area contributed by atoms with Gasteiger partial charge in [0.15, 0.2) is 0 Å². The van der Waals surface area contributed by atoms with Gasteiger partial charge >= 0.3 is 5.97 Å². The predicted molar refractivity (Wildman–Crippen MR) is 153 cm³/mol. The second-order valence-corrected chi connectivity index (χ2v) is 11.9. The smallest absolute Gasteiger partial charge is 0.321 e. The molecular formula is C33H47FN2O2. The zero-order valence-electron chi connectivity index (χ0n) is 23.2. The number of piperidine rings is 1. The molecule has 2 aromatic carbocycles. The van der Waals surface area contributed by atoms with Gasteiger partial charge in [0.05, 0.1) is 0 Å². The number of likely N-dealkylation sites (tertiary alicyclic amines) is 2. The van der Waals surface area contributed by atoms with E-state index in [0.29, 0.717) is 24.7 Å². The zero-order chi connectivity index (χ0) is 26.8. The van der Waals surface area contributed by atoms with Gasteiger partial charge in [0, 0.05) is 19.6 Å². The summed E-state index contributed by atoms with van der Waals surface area (Å²) in [7, 11) is 2.07. The monoisotopic (exact) mass is 522 g/mol. The van der Waals surface area contributed by atoms with Gasteiger partial charge in [-0.2, -0.15) is 0 Å².